The first-order valence-electron chi connectivity index (χ1n) is 17.0. The number of rotatable bonds is 4. The van der Waals surface area contributed by atoms with E-state index in [1.165, 1.54) is 19.6 Å². The number of nitrogens with two attached hydrogens (primary N) is 1. The van der Waals surface area contributed by atoms with Crippen LogP contribution in [0.5, 0.6) is 11.5 Å². The topological polar surface area (TPSA) is 147 Å². The number of aromatic hydroxyl groups is 1. The van der Waals surface area contributed by atoms with Gasteiger partial charge < -0.3 is 35.6 Å². The lowest BCUT2D eigenvalue weighted by Gasteiger charge is -2.29. The number of aliphatic imine (C=N–C) groups is 1. The van der Waals surface area contributed by atoms with Crippen LogP contribution in [-0.2, 0) is 33.7 Å². The number of hydrogen-bond donors (Lipinski definition) is 4. The lowest BCUT2D eigenvalue weighted by molar-refractivity contribution is -0.148. The molecule has 0 spiro atoms. The van der Waals surface area contributed by atoms with Crippen molar-refractivity contribution in [2.45, 2.75) is 96.3 Å². The van der Waals surface area contributed by atoms with Crippen LogP contribution in [0.2, 0.25) is 0 Å². The van der Waals surface area contributed by atoms with E-state index in [0.717, 1.165) is 49.8 Å². The number of methoxy groups -OCH3 is 1. The van der Waals surface area contributed by atoms with E-state index in [0.29, 0.717) is 68.3 Å². The fraction of sp³-hybridized carbons (Fsp3) is 0.583. The molecule has 3 atom stereocenters. The van der Waals surface area contributed by atoms with Crippen molar-refractivity contribution in [2.75, 3.05) is 31.8 Å². The molecule has 1 fully saturated rings. The zero-order valence-corrected chi connectivity index (χ0v) is 30.0. The van der Waals surface area contributed by atoms with Crippen LogP contribution in [0.15, 0.2) is 47.5 Å². The molecule has 2 aliphatic heterocycles. The highest BCUT2D eigenvalue weighted by Crippen LogP contribution is 2.41. The first-order valence-corrected chi connectivity index (χ1v) is 19.5. The molecule has 264 valence electrons. The lowest BCUT2D eigenvalue weighted by atomic mass is 9.77. The van der Waals surface area contributed by atoms with Crippen LogP contribution in [0, 0.1) is 5.41 Å². The van der Waals surface area contributed by atoms with E-state index in [2.05, 4.69) is 22.4 Å². The molecule has 1 amide bonds. The Labute approximate surface area is 293 Å². The van der Waals surface area contributed by atoms with E-state index in [1.807, 2.05) is 29.2 Å². The third kappa shape index (κ3) is 12.1. The predicted octanol–water partition coefficient (Wildman–Crippen LogP) is 5.57. The smallest absolute Gasteiger partial charge is 0.302 e. The van der Waals surface area contributed by atoms with Crippen molar-refractivity contribution in [3.05, 3.63) is 59.2 Å². The molecule has 0 saturated carbocycles. The van der Waals surface area contributed by atoms with Gasteiger partial charge in [0.1, 0.15) is 6.10 Å². The maximum Gasteiger partial charge on any atom is 0.302 e. The van der Waals surface area contributed by atoms with Crippen molar-refractivity contribution < 1.29 is 29.3 Å². The highest BCUT2D eigenvalue weighted by atomic mass is 33.1. The Morgan fingerprint density at radius 1 is 1.15 bits per heavy atom. The number of aliphatic hydroxyl groups is 1. The van der Waals surface area contributed by atoms with Gasteiger partial charge in [-0.1, -0.05) is 77.2 Å². The molecule has 0 radical (unpaired) electrons. The summed E-state index contributed by atoms with van der Waals surface area (Å²) in [5.41, 5.74) is 8.54. The normalized spacial score (nSPS) is 24.3. The average Bonchev–Trinajstić information content (AvgIpc) is 3.35. The molecule has 0 aliphatic carbocycles. The Balaban J connectivity index is 1.56. The second-order valence-corrected chi connectivity index (χ2v) is 15.6. The van der Waals surface area contributed by atoms with Gasteiger partial charge in [0.05, 0.1) is 19.1 Å². The van der Waals surface area contributed by atoms with Crippen LogP contribution in [0.25, 0.3) is 0 Å². The van der Waals surface area contributed by atoms with E-state index in [-0.39, 0.29) is 29.6 Å². The molecule has 3 unspecified atom stereocenters. The van der Waals surface area contributed by atoms with E-state index in [9.17, 15) is 19.8 Å². The number of phenolic OH excluding ortho intramolecular Hbond substituents is 1. The van der Waals surface area contributed by atoms with E-state index >= 15 is 0 Å². The number of amides is 1. The maximum absolute atomic E-state index is 13.6. The SMILES string of the molecule is COc1cc2cc(c1O)CN1CC(Cc3ccccc3)(CCNC(N)=NCSSCCCCCCC(O)CC(OC(C)=O)CC2)CC1=O. The summed E-state index contributed by atoms with van der Waals surface area (Å²) in [6, 6.07) is 13.9. The van der Waals surface area contributed by atoms with Gasteiger partial charge in [0, 0.05) is 56.1 Å². The quantitative estimate of drug-likeness (QED) is 0.236. The van der Waals surface area contributed by atoms with Crippen LogP contribution in [0.1, 0.15) is 81.4 Å². The average molecular weight is 701 g/mol. The van der Waals surface area contributed by atoms with Gasteiger partial charge in [0.25, 0.3) is 0 Å². The Bertz CT molecular complexity index is 1360. The van der Waals surface area contributed by atoms with Gasteiger partial charge in [-0.05, 0) is 55.7 Å². The van der Waals surface area contributed by atoms with Gasteiger partial charge in [-0.3, -0.25) is 9.59 Å². The number of benzene rings is 2. The number of esters is 1. The van der Waals surface area contributed by atoms with E-state index in [1.54, 1.807) is 27.7 Å². The number of hydrogen-bond acceptors (Lipinski definition) is 11. The summed E-state index contributed by atoms with van der Waals surface area (Å²) in [4.78, 5) is 31.8. The summed E-state index contributed by atoms with van der Waals surface area (Å²) in [5, 5.41) is 25.2. The lowest BCUT2D eigenvalue weighted by Crippen LogP contribution is -2.37. The van der Waals surface area contributed by atoms with Crippen LogP contribution < -0.4 is 15.8 Å². The number of guanidine groups is 1. The molecule has 2 heterocycles. The van der Waals surface area contributed by atoms with Crippen molar-refractivity contribution in [1.29, 1.82) is 0 Å². The van der Waals surface area contributed by atoms with Crippen molar-refractivity contribution in [3.8, 4) is 11.5 Å². The molecule has 4 bridgehead atoms. The second kappa shape index (κ2) is 19.2. The van der Waals surface area contributed by atoms with Gasteiger partial charge >= 0.3 is 5.97 Å². The van der Waals surface area contributed by atoms with E-state index in [4.69, 9.17) is 15.2 Å². The zero-order chi connectivity index (χ0) is 34.4. The molecule has 48 heavy (non-hydrogen) atoms. The molecule has 12 heteroatoms. The minimum absolute atomic E-state index is 0.0106. The number of nitrogens with zero attached hydrogens (tertiary/aromatic N) is 2. The Kier molecular flexibility index (Phi) is 15.1. The summed E-state index contributed by atoms with van der Waals surface area (Å²) in [6.07, 6.45) is 7.09. The number of phenols is 1. The molecular weight excluding hydrogens is 649 g/mol. The molecule has 5 N–H and O–H groups in total. The van der Waals surface area contributed by atoms with Crippen LogP contribution in [-0.4, -0.2) is 77.0 Å². The maximum atomic E-state index is 13.6. The van der Waals surface area contributed by atoms with Crippen molar-refractivity contribution in [2.24, 2.45) is 16.1 Å². The standard InChI is InChI=1S/C36H52N4O6S2/c1-26(41)46-31-14-13-28-18-29(34(44)32(19-28)45-2)23-40-24-36(22-33(40)43,21-27-10-6-5-7-11-27)15-16-38-35(37)39-25-48-47-17-9-4-3-8-12-30(42)20-31/h5-7,10-11,18-19,30-31,42,44H,3-4,8-9,12-17,20-25H2,1-2H3,(H3,37,38,39). The Morgan fingerprint density at radius 3 is 2.71 bits per heavy atom. The molecule has 0 aromatic heterocycles. The summed E-state index contributed by atoms with van der Waals surface area (Å²) < 4.78 is 11.1. The zero-order valence-electron chi connectivity index (χ0n) is 28.3. The second-order valence-electron chi connectivity index (χ2n) is 13.0. The fourth-order valence-corrected chi connectivity index (χ4v) is 8.49. The molecule has 4 rings (SSSR count). The predicted molar refractivity (Wildman–Crippen MR) is 194 cm³/mol. The highest BCUT2D eigenvalue weighted by Gasteiger charge is 2.43. The van der Waals surface area contributed by atoms with Crippen molar-refractivity contribution >= 4 is 39.4 Å². The summed E-state index contributed by atoms with van der Waals surface area (Å²) in [5.74, 6) is 2.00. The van der Waals surface area contributed by atoms with Gasteiger partial charge in [0.2, 0.25) is 5.91 Å². The van der Waals surface area contributed by atoms with Gasteiger partial charge in [-0.2, -0.15) is 0 Å². The summed E-state index contributed by atoms with van der Waals surface area (Å²) >= 11 is 0. The molecule has 2 aromatic carbocycles. The number of nitrogens with one attached hydrogen (secondary N) is 1. The van der Waals surface area contributed by atoms with Gasteiger partial charge in [-0.15, -0.1) is 0 Å². The first kappa shape index (κ1) is 37.7. The van der Waals surface area contributed by atoms with Crippen molar-refractivity contribution in [3.63, 3.8) is 0 Å². The third-order valence-electron chi connectivity index (χ3n) is 9.09. The Morgan fingerprint density at radius 2 is 1.94 bits per heavy atom. The summed E-state index contributed by atoms with van der Waals surface area (Å²) in [6.45, 7) is 2.75. The number of carbonyl (C=O) groups excluding carboxylic acids is 2. The minimum atomic E-state index is -0.558. The molecular formula is C36H52N4O6S2. The fourth-order valence-electron chi connectivity index (χ4n) is 6.69. The van der Waals surface area contributed by atoms with E-state index < -0.39 is 12.2 Å². The number of aryl methyl sites for hydroxylation is 1. The molecule has 10 nitrogen and oxygen atoms in total. The molecule has 2 aliphatic rings. The largest absolute Gasteiger partial charge is 0.504 e. The number of ether oxygens (including phenoxy) is 2. The first-order chi connectivity index (χ1) is 23.2. The number of aliphatic hydroxyl groups excluding tert-OH is 1. The van der Waals surface area contributed by atoms with Crippen LogP contribution >= 0.6 is 21.6 Å². The van der Waals surface area contributed by atoms with Crippen molar-refractivity contribution in [1.82, 2.24) is 10.2 Å². The third-order valence-corrected chi connectivity index (χ3v) is 11.3. The molecule has 1 saturated heterocycles. The van der Waals surface area contributed by atoms with Crippen LogP contribution in [0.4, 0.5) is 0 Å². The number of carbonyl (C=O) groups is 2. The van der Waals surface area contributed by atoms with Gasteiger partial charge in [0.15, 0.2) is 17.5 Å². The van der Waals surface area contributed by atoms with Gasteiger partial charge in [-0.25, -0.2) is 4.99 Å². The monoisotopic (exact) mass is 700 g/mol. The Hall–Kier alpha value is -3.09. The summed E-state index contributed by atoms with van der Waals surface area (Å²) in [7, 11) is 4.98. The highest BCUT2D eigenvalue weighted by molar-refractivity contribution is 8.76. The number of fused-ring (bicyclic) bond motifs is 4. The van der Waals surface area contributed by atoms with Crippen LogP contribution in [0.3, 0.4) is 0 Å². The molecule has 2 aromatic rings. The minimum Gasteiger partial charge on any atom is -0.504 e.